The van der Waals surface area contributed by atoms with Gasteiger partial charge in [-0.15, -0.1) is 11.3 Å². The number of hydrogen-bond acceptors (Lipinski definition) is 3. The van der Waals surface area contributed by atoms with Crippen molar-refractivity contribution in [1.82, 2.24) is 9.88 Å². The monoisotopic (exact) mass is 436 g/mol. The lowest BCUT2D eigenvalue weighted by Crippen LogP contribution is -2.26. The molecule has 30 heavy (non-hydrogen) atoms. The van der Waals surface area contributed by atoms with Gasteiger partial charge < -0.3 is 9.88 Å². The van der Waals surface area contributed by atoms with E-state index in [4.69, 9.17) is 11.6 Å². The summed E-state index contributed by atoms with van der Waals surface area (Å²) < 4.78 is 2.08. The largest absolute Gasteiger partial charge is 0.345 e. The Balaban J connectivity index is 1.61. The zero-order valence-corrected chi connectivity index (χ0v) is 18.3. The van der Waals surface area contributed by atoms with Gasteiger partial charge in [0.2, 0.25) is 0 Å². The van der Waals surface area contributed by atoms with Crippen LogP contribution in [0.3, 0.4) is 0 Å². The number of fused-ring (bicyclic) bond motifs is 1. The van der Waals surface area contributed by atoms with Crippen LogP contribution in [0.1, 0.15) is 50.4 Å². The summed E-state index contributed by atoms with van der Waals surface area (Å²) in [5.41, 5.74) is 2.63. The average molecular weight is 437 g/mol. The summed E-state index contributed by atoms with van der Waals surface area (Å²) in [6, 6.07) is 19.0. The highest BCUT2D eigenvalue weighted by atomic mass is 35.5. The summed E-state index contributed by atoms with van der Waals surface area (Å²) in [7, 11) is 0. The minimum absolute atomic E-state index is 0.0366. The second kappa shape index (κ2) is 8.46. The fraction of sp³-hybridized carbons (Fsp3) is 0.167. The molecule has 2 heterocycles. The van der Waals surface area contributed by atoms with Gasteiger partial charge in [0.05, 0.1) is 22.0 Å². The van der Waals surface area contributed by atoms with Crippen LogP contribution in [0.4, 0.5) is 0 Å². The van der Waals surface area contributed by atoms with Crippen molar-refractivity contribution < 1.29 is 9.59 Å². The molecule has 0 aliphatic carbocycles. The van der Waals surface area contributed by atoms with Crippen LogP contribution in [0, 0.1) is 0 Å². The first-order chi connectivity index (χ1) is 14.4. The van der Waals surface area contributed by atoms with E-state index in [1.54, 1.807) is 6.92 Å². The number of benzene rings is 2. The Kier molecular flexibility index (Phi) is 5.75. The van der Waals surface area contributed by atoms with Crippen LogP contribution in [0.5, 0.6) is 0 Å². The van der Waals surface area contributed by atoms with Gasteiger partial charge in [-0.25, -0.2) is 0 Å². The number of thiophene rings is 1. The van der Waals surface area contributed by atoms with E-state index in [9.17, 15) is 9.59 Å². The van der Waals surface area contributed by atoms with Gasteiger partial charge in [0.25, 0.3) is 5.91 Å². The van der Waals surface area contributed by atoms with Gasteiger partial charge in [-0.1, -0.05) is 35.9 Å². The Morgan fingerprint density at radius 2 is 1.83 bits per heavy atom. The highest BCUT2D eigenvalue weighted by molar-refractivity contribution is 7.14. The van der Waals surface area contributed by atoms with Gasteiger partial charge in [0.15, 0.2) is 5.78 Å². The Morgan fingerprint density at radius 1 is 1.07 bits per heavy atom. The fourth-order valence-electron chi connectivity index (χ4n) is 3.48. The molecule has 4 rings (SSSR count). The van der Waals surface area contributed by atoms with E-state index in [0.717, 1.165) is 21.3 Å². The van der Waals surface area contributed by atoms with Gasteiger partial charge in [-0.3, -0.25) is 9.59 Å². The molecule has 0 spiro atoms. The highest BCUT2D eigenvalue weighted by Crippen LogP contribution is 2.26. The minimum Gasteiger partial charge on any atom is -0.345 e. The second-order valence-corrected chi connectivity index (χ2v) is 8.82. The van der Waals surface area contributed by atoms with E-state index in [-0.39, 0.29) is 17.7 Å². The van der Waals surface area contributed by atoms with Gasteiger partial charge in [0, 0.05) is 28.0 Å². The summed E-state index contributed by atoms with van der Waals surface area (Å²) in [5, 5.41) is 4.79. The molecule has 0 aliphatic heterocycles. The number of hydrogen-bond donors (Lipinski definition) is 1. The molecule has 0 aliphatic rings. The topological polar surface area (TPSA) is 51.1 Å². The van der Waals surface area contributed by atoms with Crippen LogP contribution in [-0.2, 0) is 6.54 Å². The van der Waals surface area contributed by atoms with E-state index in [1.807, 2.05) is 73.8 Å². The number of amides is 1. The Hall–Kier alpha value is -2.89. The van der Waals surface area contributed by atoms with Crippen LogP contribution in [0.25, 0.3) is 10.9 Å². The van der Waals surface area contributed by atoms with Crippen molar-refractivity contribution in [2.45, 2.75) is 26.4 Å². The van der Waals surface area contributed by atoms with E-state index in [1.165, 1.54) is 11.3 Å². The predicted molar refractivity (Wildman–Crippen MR) is 123 cm³/mol. The zero-order valence-electron chi connectivity index (χ0n) is 16.7. The number of Topliss-reactive ketones (excluding diaryl/α,β-unsaturated/α-hetero) is 1. The van der Waals surface area contributed by atoms with Crippen molar-refractivity contribution in [3.63, 3.8) is 0 Å². The van der Waals surface area contributed by atoms with Crippen molar-refractivity contribution in [2.75, 3.05) is 0 Å². The van der Waals surface area contributed by atoms with E-state index in [0.29, 0.717) is 22.0 Å². The maximum atomic E-state index is 13.1. The Labute approximate surface area is 184 Å². The molecule has 0 saturated heterocycles. The number of nitrogens with zero attached hydrogens (tertiary/aromatic N) is 1. The summed E-state index contributed by atoms with van der Waals surface area (Å²) in [4.78, 5) is 26.3. The zero-order chi connectivity index (χ0) is 21.3. The number of carbonyl (C=O) groups excluding carboxylic acids is 2. The number of halogens is 1. The maximum absolute atomic E-state index is 13.1. The third kappa shape index (κ3) is 4.18. The van der Waals surface area contributed by atoms with Crippen molar-refractivity contribution in [3.05, 3.63) is 92.8 Å². The molecule has 0 saturated carbocycles. The number of ketones is 1. The normalized spacial score (nSPS) is 12.1. The predicted octanol–water partition coefficient (Wildman–Crippen LogP) is 6.10. The van der Waals surface area contributed by atoms with Crippen LogP contribution in [0.2, 0.25) is 5.02 Å². The van der Waals surface area contributed by atoms with E-state index in [2.05, 4.69) is 9.88 Å². The SMILES string of the molecule is CC(=O)c1ccc(C(C)NC(=O)c2cccc3ccn(Cc4ccc(Cl)cc4)c23)s1. The summed E-state index contributed by atoms with van der Waals surface area (Å²) >= 11 is 7.41. The first-order valence-electron chi connectivity index (χ1n) is 9.66. The molecule has 2 aromatic heterocycles. The molecular weight excluding hydrogens is 416 g/mol. The minimum atomic E-state index is -0.189. The average Bonchev–Trinajstić information content (AvgIpc) is 3.37. The summed E-state index contributed by atoms with van der Waals surface area (Å²) in [6.45, 7) is 4.13. The molecule has 4 nitrogen and oxygen atoms in total. The van der Waals surface area contributed by atoms with Gasteiger partial charge in [-0.05, 0) is 55.8 Å². The van der Waals surface area contributed by atoms with Crippen molar-refractivity contribution in [2.24, 2.45) is 0 Å². The quantitative estimate of drug-likeness (QED) is 0.371. The van der Waals surface area contributed by atoms with E-state index < -0.39 is 0 Å². The lowest BCUT2D eigenvalue weighted by molar-refractivity contribution is 0.0941. The molecule has 2 aromatic carbocycles. The molecule has 0 radical (unpaired) electrons. The third-order valence-corrected chi connectivity index (χ3v) is 6.67. The first-order valence-corrected chi connectivity index (χ1v) is 10.9. The molecule has 6 heteroatoms. The Bertz CT molecular complexity index is 1220. The summed E-state index contributed by atoms with van der Waals surface area (Å²) in [5.74, 6) is -0.100. The number of rotatable bonds is 6. The van der Waals surface area contributed by atoms with Gasteiger partial charge in [0.1, 0.15) is 0 Å². The Morgan fingerprint density at radius 3 is 2.53 bits per heavy atom. The number of carbonyl (C=O) groups is 2. The second-order valence-electron chi connectivity index (χ2n) is 7.27. The molecule has 1 N–H and O–H groups in total. The van der Waals surface area contributed by atoms with Crippen LogP contribution < -0.4 is 5.32 Å². The molecule has 1 atom stereocenters. The molecule has 0 fully saturated rings. The third-order valence-electron chi connectivity index (χ3n) is 5.05. The van der Waals surface area contributed by atoms with E-state index >= 15 is 0 Å². The first kappa shape index (κ1) is 20.4. The lowest BCUT2D eigenvalue weighted by Gasteiger charge is -2.14. The molecule has 0 bridgehead atoms. The fourth-order valence-corrected chi connectivity index (χ4v) is 4.51. The maximum Gasteiger partial charge on any atom is 0.253 e. The number of para-hydroxylation sites is 1. The van der Waals surface area contributed by atoms with Crippen LogP contribution in [-0.4, -0.2) is 16.3 Å². The van der Waals surface area contributed by atoms with Gasteiger partial charge >= 0.3 is 0 Å². The van der Waals surface area contributed by atoms with Crippen LogP contribution >= 0.6 is 22.9 Å². The summed E-state index contributed by atoms with van der Waals surface area (Å²) in [6.07, 6.45) is 2.00. The van der Waals surface area contributed by atoms with Gasteiger partial charge in [-0.2, -0.15) is 0 Å². The van der Waals surface area contributed by atoms with Crippen molar-refractivity contribution in [3.8, 4) is 0 Å². The molecule has 4 aromatic rings. The highest BCUT2D eigenvalue weighted by Gasteiger charge is 2.18. The van der Waals surface area contributed by atoms with Crippen molar-refractivity contribution >= 4 is 45.5 Å². The molecule has 1 unspecified atom stereocenters. The smallest absolute Gasteiger partial charge is 0.253 e. The molecule has 1 amide bonds. The number of nitrogens with one attached hydrogen (secondary N) is 1. The number of aromatic nitrogens is 1. The molecular formula is C24H21ClN2O2S. The lowest BCUT2D eigenvalue weighted by atomic mass is 10.1. The van der Waals surface area contributed by atoms with Crippen molar-refractivity contribution in [1.29, 1.82) is 0 Å². The standard InChI is InChI=1S/C24H21ClN2O2S/c1-15(21-10-11-22(30-21)16(2)28)26-24(29)20-5-3-4-18-12-13-27(23(18)20)14-17-6-8-19(25)9-7-17/h3-13,15H,14H2,1-2H3,(H,26,29). The molecule has 152 valence electrons. The van der Waals surface area contributed by atoms with Crippen LogP contribution in [0.15, 0.2) is 66.9 Å².